The molecule has 0 bridgehead atoms. The predicted octanol–water partition coefficient (Wildman–Crippen LogP) is 2.47. The number of hydrogen-bond acceptors (Lipinski definition) is 7. The average molecular weight is 430 g/mol. The van der Waals surface area contributed by atoms with E-state index in [2.05, 4.69) is 41.3 Å². The van der Waals surface area contributed by atoms with E-state index in [1.54, 1.807) is 4.90 Å². The van der Waals surface area contributed by atoms with Crippen molar-refractivity contribution in [3.05, 3.63) is 34.2 Å². The normalized spacial score (nSPS) is 11.3. The van der Waals surface area contributed by atoms with Gasteiger partial charge in [-0.1, -0.05) is 5.16 Å². The maximum Gasteiger partial charge on any atom is 0.287 e. The highest BCUT2D eigenvalue weighted by Gasteiger charge is 2.21. The molecule has 0 radical (unpaired) electrons. The fourth-order valence-corrected chi connectivity index (χ4v) is 2.44. The van der Waals surface area contributed by atoms with Crippen LogP contribution in [0.4, 0.5) is 10.1 Å². The number of anilines is 1. The number of carbonyl (C=O) groups is 1. The zero-order chi connectivity index (χ0) is 19.1. The quantitative estimate of drug-likeness (QED) is 0.300. The predicted molar refractivity (Wildman–Crippen MR) is 93.8 cm³/mol. The Kier molecular flexibility index (Phi) is 6.89. The first-order chi connectivity index (χ1) is 12.5. The van der Waals surface area contributed by atoms with Gasteiger partial charge in [0, 0.05) is 18.8 Å². The number of aromatic nitrogens is 2. The number of hydrogen-bond donors (Lipinski definition) is 2. The Balaban J connectivity index is 2.11. The first-order valence-electron chi connectivity index (χ1n) is 7.67. The number of ether oxygens (including phenoxy) is 1. The average Bonchev–Trinajstić information content (AvgIpc) is 3.10. The molecule has 2 rings (SSSR count). The number of oxime groups is 1. The molecule has 0 aliphatic heterocycles. The molecule has 0 fully saturated rings. The summed E-state index contributed by atoms with van der Waals surface area (Å²) in [7, 11) is 0. The molecule has 140 valence electrons. The van der Waals surface area contributed by atoms with E-state index in [0.717, 1.165) is 0 Å². The zero-order valence-electron chi connectivity index (χ0n) is 14.1. The Morgan fingerprint density at radius 3 is 2.77 bits per heavy atom. The minimum atomic E-state index is -0.444. The monoisotopic (exact) mass is 429 g/mol. The maximum absolute atomic E-state index is 13.3. The molecule has 0 aliphatic carbocycles. The van der Waals surface area contributed by atoms with Crippen LogP contribution in [0.2, 0.25) is 0 Å². The van der Waals surface area contributed by atoms with Gasteiger partial charge in [0.2, 0.25) is 11.5 Å². The summed E-state index contributed by atoms with van der Waals surface area (Å²) in [6.07, 6.45) is 0. The molecule has 1 heterocycles. The highest BCUT2D eigenvalue weighted by atomic mass is 79.9. The standard InChI is InChI=1S/C15H17BrFN5O4/c1-3-22(4-2)12(23)8-25-15-13(20-26-21-15)14(19-24)18-9-5-6-11(17)10(16)7-9/h5-7,24H,3-4,8H2,1-2H3,(H,18,19). The van der Waals surface area contributed by atoms with Crippen molar-refractivity contribution in [3.63, 3.8) is 0 Å². The van der Waals surface area contributed by atoms with Crippen molar-refractivity contribution in [2.75, 3.05) is 25.0 Å². The lowest BCUT2D eigenvalue weighted by Crippen LogP contribution is -2.34. The van der Waals surface area contributed by atoms with Crippen molar-refractivity contribution in [3.8, 4) is 5.88 Å². The number of halogens is 2. The van der Waals surface area contributed by atoms with Gasteiger partial charge in [0.1, 0.15) is 5.82 Å². The zero-order valence-corrected chi connectivity index (χ0v) is 15.7. The molecular formula is C15H17BrFN5O4. The molecule has 26 heavy (non-hydrogen) atoms. The van der Waals surface area contributed by atoms with E-state index in [4.69, 9.17) is 4.74 Å². The number of amidine groups is 1. The van der Waals surface area contributed by atoms with E-state index in [0.29, 0.717) is 18.8 Å². The third-order valence-electron chi connectivity index (χ3n) is 3.41. The van der Waals surface area contributed by atoms with E-state index < -0.39 is 5.82 Å². The number of nitrogens with zero attached hydrogens (tertiary/aromatic N) is 4. The minimum Gasteiger partial charge on any atom is -0.464 e. The van der Waals surface area contributed by atoms with Gasteiger partial charge in [-0.15, -0.1) is 0 Å². The van der Waals surface area contributed by atoms with Crippen LogP contribution in [0, 0.1) is 5.82 Å². The first-order valence-corrected chi connectivity index (χ1v) is 8.47. The molecule has 1 aromatic heterocycles. The summed E-state index contributed by atoms with van der Waals surface area (Å²) in [5, 5.41) is 22.3. The van der Waals surface area contributed by atoms with Gasteiger partial charge in [-0.3, -0.25) is 4.79 Å². The fraction of sp³-hybridized carbons (Fsp3) is 0.333. The molecule has 0 atom stereocenters. The summed E-state index contributed by atoms with van der Waals surface area (Å²) in [6.45, 7) is 4.53. The lowest BCUT2D eigenvalue weighted by atomic mass is 10.3. The van der Waals surface area contributed by atoms with Crippen LogP contribution >= 0.6 is 15.9 Å². The molecule has 0 aliphatic rings. The summed E-state index contributed by atoms with van der Waals surface area (Å²) >= 11 is 3.06. The number of carbonyl (C=O) groups excluding carboxylic acids is 1. The van der Waals surface area contributed by atoms with E-state index in [1.807, 2.05) is 13.8 Å². The van der Waals surface area contributed by atoms with Gasteiger partial charge in [0.25, 0.3) is 11.8 Å². The summed E-state index contributed by atoms with van der Waals surface area (Å²) in [6, 6.07) is 4.10. The van der Waals surface area contributed by atoms with Gasteiger partial charge in [0.15, 0.2) is 6.61 Å². The van der Waals surface area contributed by atoms with Crippen LogP contribution in [0.3, 0.4) is 0 Å². The topological polar surface area (TPSA) is 113 Å². The van der Waals surface area contributed by atoms with Crippen molar-refractivity contribution >= 4 is 33.4 Å². The molecule has 9 nitrogen and oxygen atoms in total. The van der Waals surface area contributed by atoms with Crippen molar-refractivity contribution in [2.45, 2.75) is 13.8 Å². The summed E-state index contributed by atoms with van der Waals surface area (Å²) < 4.78 is 23.5. The third kappa shape index (κ3) is 4.69. The summed E-state index contributed by atoms with van der Waals surface area (Å²) in [4.78, 5) is 13.6. The minimum absolute atomic E-state index is 0.0414. The molecule has 1 aromatic carbocycles. The van der Waals surface area contributed by atoms with Crippen molar-refractivity contribution in [1.29, 1.82) is 0 Å². The highest BCUT2D eigenvalue weighted by molar-refractivity contribution is 9.10. The van der Waals surface area contributed by atoms with Crippen LogP contribution in [-0.2, 0) is 4.79 Å². The number of amides is 1. The Hall–Kier alpha value is -2.69. The number of benzene rings is 1. The number of nitrogens with one attached hydrogen (secondary N) is 1. The van der Waals surface area contributed by atoms with E-state index in [-0.39, 0.29) is 34.4 Å². The summed E-state index contributed by atoms with van der Waals surface area (Å²) in [5.41, 5.74) is 0.375. The molecule has 2 aromatic rings. The van der Waals surface area contributed by atoms with Gasteiger partial charge >= 0.3 is 0 Å². The molecule has 1 amide bonds. The number of likely N-dealkylation sites (N-methyl/N-ethyl adjacent to an activating group) is 1. The van der Waals surface area contributed by atoms with Gasteiger partial charge in [-0.25, -0.2) is 9.02 Å². The number of rotatable bonds is 7. The van der Waals surface area contributed by atoms with Crippen molar-refractivity contribution in [2.24, 2.45) is 5.16 Å². The second kappa shape index (κ2) is 9.13. The lowest BCUT2D eigenvalue weighted by Gasteiger charge is -2.18. The second-order valence-electron chi connectivity index (χ2n) is 4.98. The van der Waals surface area contributed by atoms with Crippen LogP contribution in [0.15, 0.2) is 32.5 Å². The third-order valence-corrected chi connectivity index (χ3v) is 4.02. The lowest BCUT2D eigenvalue weighted by molar-refractivity contribution is -0.133. The SMILES string of the molecule is CCN(CC)C(=O)COc1nonc1/C(=N/O)Nc1ccc(F)c(Br)c1. The van der Waals surface area contributed by atoms with Crippen LogP contribution < -0.4 is 10.1 Å². The molecule has 2 N–H and O–H groups in total. The fourth-order valence-electron chi connectivity index (χ4n) is 2.06. The molecule has 11 heteroatoms. The second-order valence-corrected chi connectivity index (χ2v) is 5.83. The Bertz CT molecular complexity index is 794. The summed E-state index contributed by atoms with van der Waals surface area (Å²) in [5.74, 6) is -0.941. The Labute approximate surface area is 156 Å². The van der Waals surface area contributed by atoms with Gasteiger partial charge < -0.3 is 20.2 Å². The van der Waals surface area contributed by atoms with Crippen LogP contribution in [0.1, 0.15) is 19.5 Å². The Morgan fingerprint density at radius 1 is 1.42 bits per heavy atom. The van der Waals surface area contributed by atoms with Crippen molar-refractivity contribution < 1.29 is 23.8 Å². The largest absolute Gasteiger partial charge is 0.464 e. The van der Waals surface area contributed by atoms with Gasteiger partial charge in [0.05, 0.1) is 4.47 Å². The molecular weight excluding hydrogens is 413 g/mol. The maximum atomic E-state index is 13.3. The first kappa shape index (κ1) is 19.6. The van der Waals surface area contributed by atoms with Gasteiger partial charge in [-0.05, 0) is 58.3 Å². The molecule has 0 saturated carbocycles. The highest BCUT2D eigenvalue weighted by Crippen LogP contribution is 2.22. The van der Waals surface area contributed by atoms with Crippen LogP contribution in [-0.4, -0.2) is 51.9 Å². The van der Waals surface area contributed by atoms with Crippen LogP contribution in [0.25, 0.3) is 0 Å². The van der Waals surface area contributed by atoms with Crippen LogP contribution in [0.5, 0.6) is 5.88 Å². The Morgan fingerprint density at radius 2 is 2.15 bits per heavy atom. The molecule has 0 saturated heterocycles. The van der Waals surface area contributed by atoms with E-state index in [1.165, 1.54) is 18.2 Å². The molecule has 0 spiro atoms. The van der Waals surface area contributed by atoms with Gasteiger partial charge in [-0.2, -0.15) is 0 Å². The molecule has 0 unspecified atom stereocenters. The van der Waals surface area contributed by atoms with Crippen molar-refractivity contribution in [1.82, 2.24) is 15.2 Å². The van der Waals surface area contributed by atoms with E-state index >= 15 is 0 Å². The smallest absolute Gasteiger partial charge is 0.287 e. The van der Waals surface area contributed by atoms with E-state index in [9.17, 15) is 14.4 Å².